The number of esters is 1. The van der Waals surface area contributed by atoms with E-state index in [0.717, 1.165) is 26.1 Å². The Balaban J connectivity index is 1.92. The molecule has 0 radical (unpaired) electrons. The van der Waals surface area contributed by atoms with E-state index in [2.05, 4.69) is 31.0 Å². The van der Waals surface area contributed by atoms with Gasteiger partial charge in [0.1, 0.15) is 0 Å². The molecule has 110 valence electrons. The maximum atomic E-state index is 11.8. The first kappa shape index (κ1) is 14.8. The summed E-state index contributed by atoms with van der Waals surface area (Å²) in [5.74, 6) is -0.00951. The van der Waals surface area contributed by atoms with Gasteiger partial charge in [0.15, 0.2) is 0 Å². The number of hydrogen-bond acceptors (Lipinski definition) is 4. The molecule has 2 fully saturated rings. The Labute approximate surface area is 116 Å². The van der Waals surface area contributed by atoms with Gasteiger partial charge in [0, 0.05) is 31.7 Å². The molecule has 2 rings (SSSR count). The van der Waals surface area contributed by atoms with E-state index >= 15 is 0 Å². The van der Waals surface area contributed by atoms with E-state index in [1.54, 1.807) is 0 Å². The van der Waals surface area contributed by atoms with Crippen molar-refractivity contribution in [2.24, 2.45) is 11.3 Å². The van der Waals surface area contributed by atoms with Gasteiger partial charge in [-0.3, -0.25) is 9.69 Å². The van der Waals surface area contributed by atoms with Gasteiger partial charge in [-0.25, -0.2) is 0 Å². The van der Waals surface area contributed by atoms with Crippen LogP contribution in [0.15, 0.2) is 0 Å². The van der Waals surface area contributed by atoms with Gasteiger partial charge in [0.25, 0.3) is 0 Å². The highest BCUT2D eigenvalue weighted by molar-refractivity contribution is 5.72. The molecule has 2 aliphatic rings. The summed E-state index contributed by atoms with van der Waals surface area (Å²) in [5, 5.41) is 3.63. The van der Waals surface area contributed by atoms with Crippen LogP contribution in [-0.4, -0.2) is 49.7 Å². The summed E-state index contributed by atoms with van der Waals surface area (Å²) < 4.78 is 4.94. The first-order chi connectivity index (χ1) is 8.89. The molecule has 4 nitrogen and oxygen atoms in total. The van der Waals surface area contributed by atoms with Crippen molar-refractivity contribution in [1.82, 2.24) is 10.2 Å². The smallest absolute Gasteiger partial charge is 0.310 e. The molecule has 1 heterocycles. The average Bonchev–Trinajstić information content (AvgIpc) is 3.18. The van der Waals surface area contributed by atoms with Crippen molar-refractivity contribution in [2.45, 2.75) is 52.1 Å². The van der Waals surface area contributed by atoms with E-state index < -0.39 is 0 Å². The second kappa shape index (κ2) is 5.80. The molecule has 0 aromatic heterocycles. The first-order valence-electron chi connectivity index (χ1n) is 7.44. The van der Waals surface area contributed by atoms with Gasteiger partial charge in [-0.15, -0.1) is 0 Å². The van der Waals surface area contributed by atoms with Gasteiger partial charge in [-0.05, 0) is 24.7 Å². The van der Waals surface area contributed by atoms with Gasteiger partial charge in [-0.2, -0.15) is 0 Å². The van der Waals surface area contributed by atoms with E-state index in [1.165, 1.54) is 20.0 Å². The van der Waals surface area contributed by atoms with Gasteiger partial charge >= 0.3 is 5.97 Å². The molecule has 0 amide bonds. The largest absolute Gasteiger partial charge is 0.469 e. The van der Waals surface area contributed by atoms with Crippen LogP contribution in [0.3, 0.4) is 0 Å². The molecule has 1 aliphatic carbocycles. The number of carbonyl (C=O) groups is 1. The standard InChI is InChI=1S/C15H28N2O2/c1-15(2,3)10-16-12-7-11(14(18)19-4)8-17(9-12)13-5-6-13/h11-13,16H,5-10H2,1-4H3. The molecule has 19 heavy (non-hydrogen) atoms. The summed E-state index contributed by atoms with van der Waals surface area (Å²) in [6, 6.07) is 1.13. The molecule has 0 spiro atoms. The van der Waals surface area contributed by atoms with E-state index in [-0.39, 0.29) is 17.3 Å². The third-order valence-electron chi connectivity index (χ3n) is 4.00. The maximum Gasteiger partial charge on any atom is 0.310 e. The van der Waals surface area contributed by atoms with Crippen molar-refractivity contribution in [3.8, 4) is 0 Å². The van der Waals surface area contributed by atoms with Crippen molar-refractivity contribution < 1.29 is 9.53 Å². The maximum absolute atomic E-state index is 11.8. The number of piperidine rings is 1. The van der Waals surface area contributed by atoms with E-state index in [1.807, 2.05) is 0 Å². The molecular formula is C15H28N2O2. The Morgan fingerprint density at radius 1 is 1.32 bits per heavy atom. The zero-order valence-corrected chi connectivity index (χ0v) is 12.7. The molecular weight excluding hydrogens is 240 g/mol. The Kier molecular flexibility index (Phi) is 4.51. The van der Waals surface area contributed by atoms with Gasteiger partial charge in [0.2, 0.25) is 0 Å². The molecule has 1 saturated heterocycles. The number of carbonyl (C=O) groups excluding carboxylic acids is 1. The molecule has 1 aliphatic heterocycles. The molecule has 0 aromatic carbocycles. The van der Waals surface area contributed by atoms with Crippen LogP contribution in [0.2, 0.25) is 0 Å². The fourth-order valence-electron chi connectivity index (χ4n) is 2.81. The van der Waals surface area contributed by atoms with Gasteiger partial charge < -0.3 is 10.1 Å². The summed E-state index contributed by atoms with van der Waals surface area (Å²) in [6.45, 7) is 9.65. The molecule has 4 heteroatoms. The SMILES string of the molecule is COC(=O)C1CC(NCC(C)(C)C)CN(C2CC2)C1. The molecule has 0 aromatic rings. The number of hydrogen-bond donors (Lipinski definition) is 1. The van der Waals surface area contributed by atoms with Crippen LogP contribution in [0.5, 0.6) is 0 Å². The zero-order valence-electron chi connectivity index (χ0n) is 12.7. The second-order valence-corrected chi connectivity index (χ2v) is 7.28. The van der Waals surface area contributed by atoms with Crippen LogP contribution < -0.4 is 5.32 Å². The molecule has 1 saturated carbocycles. The van der Waals surface area contributed by atoms with Crippen LogP contribution in [-0.2, 0) is 9.53 Å². The predicted molar refractivity (Wildman–Crippen MR) is 76.0 cm³/mol. The highest BCUT2D eigenvalue weighted by atomic mass is 16.5. The summed E-state index contributed by atoms with van der Waals surface area (Å²) in [5.41, 5.74) is 0.280. The number of likely N-dealkylation sites (tertiary alicyclic amines) is 1. The van der Waals surface area contributed by atoms with Crippen molar-refractivity contribution in [1.29, 1.82) is 0 Å². The van der Waals surface area contributed by atoms with E-state index in [4.69, 9.17) is 4.74 Å². The van der Waals surface area contributed by atoms with Crippen LogP contribution in [0.1, 0.15) is 40.0 Å². The van der Waals surface area contributed by atoms with Crippen LogP contribution in [0, 0.1) is 11.3 Å². The molecule has 2 unspecified atom stereocenters. The van der Waals surface area contributed by atoms with Crippen molar-refractivity contribution >= 4 is 5.97 Å². The quantitative estimate of drug-likeness (QED) is 0.787. The van der Waals surface area contributed by atoms with Gasteiger partial charge in [-0.1, -0.05) is 20.8 Å². The molecule has 1 N–H and O–H groups in total. The molecule has 0 bridgehead atoms. The van der Waals surface area contributed by atoms with E-state index in [9.17, 15) is 4.79 Å². The third kappa shape index (κ3) is 4.46. The number of nitrogens with one attached hydrogen (secondary N) is 1. The summed E-state index contributed by atoms with van der Waals surface area (Å²) in [4.78, 5) is 14.3. The number of rotatable bonds is 4. The monoisotopic (exact) mass is 268 g/mol. The van der Waals surface area contributed by atoms with Crippen LogP contribution >= 0.6 is 0 Å². The minimum Gasteiger partial charge on any atom is -0.469 e. The summed E-state index contributed by atoms with van der Waals surface area (Å²) in [6.07, 6.45) is 3.49. The fourth-order valence-corrected chi connectivity index (χ4v) is 2.81. The first-order valence-corrected chi connectivity index (χ1v) is 7.44. The Morgan fingerprint density at radius 3 is 2.53 bits per heavy atom. The third-order valence-corrected chi connectivity index (χ3v) is 4.00. The lowest BCUT2D eigenvalue weighted by Crippen LogP contribution is -2.53. The number of ether oxygens (including phenoxy) is 1. The molecule has 2 atom stereocenters. The highest BCUT2D eigenvalue weighted by Gasteiger charge is 2.38. The fraction of sp³-hybridized carbons (Fsp3) is 0.933. The second-order valence-electron chi connectivity index (χ2n) is 7.28. The number of methoxy groups -OCH3 is 1. The lowest BCUT2D eigenvalue weighted by atomic mass is 9.91. The Hall–Kier alpha value is -0.610. The Morgan fingerprint density at radius 2 is 2.00 bits per heavy atom. The van der Waals surface area contributed by atoms with Gasteiger partial charge in [0.05, 0.1) is 13.0 Å². The normalized spacial score (nSPS) is 29.3. The Bertz CT molecular complexity index is 321. The summed E-state index contributed by atoms with van der Waals surface area (Å²) in [7, 11) is 1.50. The van der Waals surface area contributed by atoms with Crippen LogP contribution in [0.4, 0.5) is 0 Å². The van der Waals surface area contributed by atoms with E-state index in [0.29, 0.717) is 12.1 Å². The predicted octanol–water partition coefficient (Wildman–Crippen LogP) is 1.65. The lowest BCUT2D eigenvalue weighted by Gasteiger charge is -2.38. The number of nitrogens with zero attached hydrogens (tertiary/aromatic N) is 1. The van der Waals surface area contributed by atoms with Crippen molar-refractivity contribution in [3.05, 3.63) is 0 Å². The minimum absolute atomic E-state index is 0.0387. The zero-order chi connectivity index (χ0) is 14.0. The summed E-state index contributed by atoms with van der Waals surface area (Å²) >= 11 is 0. The topological polar surface area (TPSA) is 41.6 Å². The van der Waals surface area contributed by atoms with Crippen molar-refractivity contribution in [3.63, 3.8) is 0 Å². The lowest BCUT2D eigenvalue weighted by molar-refractivity contribution is -0.147. The van der Waals surface area contributed by atoms with Crippen molar-refractivity contribution in [2.75, 3.05) is 26.7 Å². The minimum atomic E-state index is -0.0482. The highest BCUT2D eigenvalue weighted by Crippen LogP contribution is 2.31. The van der Waals surface area contributed by atoms with Crippen LogP contribution in [0.25, 0.3) is 0 Å². The average molecular weight is 268 g/mol.